The summed E-state index contributed by atoms with van der Waals surface area (Å²) in [4.78, 5) is 0. The van der Waals surface area contributed by atoms with Gasteiger partial charge in [-0.05, 0) is 64.6 Å². The Morgan fingerprint density at radius 2 is 1.10 bits per heavy atom. The molecule has 0 atom stereocenters. The summed E-state index contributed by atoms with van der Waals surface area (Å²) < 4.78 is 10.4. The van der Waals surface area contributed by atoms with Gasteiger partial charge in [-0.2, -0.15) is 4.57 Å². The molecule has 4 heteroatoms. The van der Waals surface area contributed by atoms with Crippen molar-refractivity contribution in [2.24, 2.45) is 7.05 Å². The summed E-state index contributed by atoms with van der Waals surface area (Å²) in [6.07, 6.45) is 2.31. The summed E-state index contributed by atoms with van der Waals surface area (Å²) in [5.41, 5.74) is 13.4. The first kappa shape index (κ1) is 24.4. The second kappa shape index (κ2) is 9.32. The van der Waals surface area contributed by atoms with Gasteiger partial charge >= 0.3 is 0 Å². The van der Waals surface area contributed by atoms with E-state index in [1.165, 1.54) is 66.3 Å². The highest BCUT2D eigenvalue weighted by atomic mass is 127. The Balaban J connectivity index is 1.53. The molecule has 0 saturated heterocycles. The molecule has 0 aliphatic heterocycles. The van der Waals surface area contributed by atoms with E-state index in [1.54, 1.807) is 0 Å². The molecular weight excluding hydrogens is 615 g/mol. The van der Waals surface area contributed by atoms with Gasteiger partial charge in [-0.3, -0.25) is 0 Å². The second-order valence-corrected chi connectivity index (χ2v) is 11.2. The van der Waals surface area contributed by atoms with Crippen molar-refractivity contribution in [1.29, 1.82) is 0 Å². The fraction of sp³-hybridized carbons (Fsp3) is 0.0541. The smallest absolute Gasteiger partial charge is 0.287 e. The molecule has 7 aromatic rings. The Morgan fingerprint density at radius 1 is 0.585 bits per heavy atom. The molecule has 2 heterocycles. The molecule has 0 N–H and O–H groups in total. The van der Waals surface area contributed by atoms with Crippen LogP contribution in [0.25, 0.3) is 72.1 Å². The summed E-state index contributed by atoms with van der Waals surface area (Å²) in [6, 6.07) is 41.7. The molecule has 0 saturated carbocycles. The molecule has 8 rings (SSSR count). The average Bonchev–Trinajstić information content (AvgIpc) is 3.35. The molecule has 0 unspecified atom stereocenters. The van der Waals surface area contributed by atoms with Crippen LogP contribution in [-0.4, -0.2) is 4.57 Å². The number of hydrogen-bond acceptors (Lipinski definition) is 1. The zero-order valence-corrected chi connectivity index (χ0v) is 24.9. The Bertz CT molecular complexity index is 2180. The van der Waals surface area contributed by atoms with E-state index in [1.807, 2.05) is 23.0 Å². The molecule has 5 aromatic carbocycles. The zero-order chi connectivity index (χ0) is 27.7. The van der Waals surface area contributed by atoms with Crippen molar-refractivity contribution in [2.75, 3.05) is 0 Å². The van der Waals surface area contributed by atoms with Crippen LogP contribution in [0, 0.1) is 6.92 Å². The van der Waals surface area contributed by atoms with E-state index < -0.39 is 0 Å². The number of benzene rings is 5. The first-order valence-corrected chi connectivity index (χ1v) is 14.7. The summed E-state index contributed by atoms with van der Waals surface area (Å²) in [5.74, 6) is 1.98. The molecule has 0 spiro atoms. The van der Waals surface area contributed by atoms with Crippen LogP contribution in [0.5, 0.6) is 5.75 Å². The average molecular weight is 642 g/mol. The molecule has 196 valence electrons. The highest BCUT2D eigenvalue weighted by Crippen LogP contribution is 2.48. The van der Waals surface area contributed by atoms with Gasteiger partial charge in [0.25, 0.3) is 5.82 Å². The van der Waals surface area contributed by atoms with Crippen molar-refractivity contribution in [3.63, 3.8) is 0 Å². The number of halogens is 1. The van der Waals surface area contributed by atoms with Gasteiger partial charge in [-0.25, -0.2) is 4.57 Å². The van der Waals surface area contributed by atoms with Gasteiger partial charge in [0, 0.05) is 33.5 Å². The predicted octanol–water partition coefficient (Wildman–Crippen LogP) is 9.63. The fourth-order valence-corrected chi connectivity index (χ4v) is 7.16. The van der Waals surface area contributed by atoms with Crippen LogP contribution in [0.2, 0.25) is 0 Å². The summed E-state index contributed by atoms with van der Waals surface area (Å²) in [7, 11) is 2.16. The van der Waals surface area contributed by atoms with Gasteiger partial charge < -0.3 is 3.07 Å². The number of nitrogens with zero attached hydrogens (tertiary/aromatic N) is 2. The van der Waals surface area contributed by atoms with Crippen LogP contribution in [-0.2, 0) is 7.05 Å². The molecule has 1 aliphatic carbocycles. The lowest BCUT2D eigenvalue weighted by atomic mass is 9.81. The Labute approximate surface area is 253 Å². The maximum Gasteiger partial charge on any atom is 0.287 e. The first-order chi connectivity index (χ1) is 20.2. The summed E-state index contributed by atoms with van der Waals surface area (Å²) >= 11 is 1.99. The lowest BCUT2D eigenvalue weighted by Gasteiger charge is -2.23. The minimum absolute atomic E-state index is 0.881. The predicted molar refractivity (Wildman–Crippen MR) is 177 cm³/mol. The highest BCUT2D eigenvalue weighted by Gasteiger charge is 2.28. The van der Waals surface area contributed by atoms with Crippen LogP contribution >= 0.6 is 23.0 Å². The number of pyridine rings is 1. The van der Waals surface area contributed by atoms with E-state index in [2.05, 4.69) is 145 Å². The van der Waals surface area contributed by atoms with Crippen LogP contribution in [0.4, 0.5) is 0 Å². The number of rotatable bonds is 2. The van der Waals surface area contributed by atoms with Crippen molar-refractivity contribution in [3.05, 3.63) is 127 Å². The Kier molecular flexibility index (Phi) is 5.54. The lowest BCUT2D eigenvalue weighted by molar-refractivity contribution is -0.664. The van der Waals surface area contributed by atoms with E-state index in [0.717, 1.165) is 17.1 Å². The molecule has 0 amide bonds. The minimum Gasteiger partial charge on any atom is -0.427 e. The van der Waals surface area contributed by atoms with Crippen molar-refractivity contribution in [1.82, 2.24) is 4.57 Å². The van der Waals surface area contributed by atoms with E-state index >= 15 is 0 Å². The normalized spacial score (nSPS) is 11.8. The quantitative estimate of drug-likeness (QED) is 0.136. The summed E-state index contributed by atoms with van der Waals surface area (Å²) in [5, 5.41) is 2.46. The fourth-order valence-electron chi connectivity index (χ4n) is 6.68. The van der Waals surface area contributed by atoms with Gasteiger partial charge in [0.1, 0.15) is 16.8 Å². The van der Waals surface area contributed by atoms with Gasteiger partial charge in [0.05, 0.1) is 13.2 Å². The molecular formula is C37H26IN2O+. The molecule has 0 fully saturated rings. The second-order valence-electron chi connectivity index (χ2n) is 10.7. The molecule has 41 heavy (non-hydrogen) atoms. The van der Waals surface area contributed by atoms with Crippen molar-refractivity contribution in [2.45, 2.75) is 6.92 Å². The molecule has 0 bridgehead atoms. The van der Waals surface area contributed by atoms with Crippen LogP contribution in [0.3, 0.4) is 0 Å². The van der Waals surface area contributed by atoms with Crippen molar-refractivity contribution < 1.29 is 7.63 Å². The van der Waals surface area contributed by atoms with Gasteiger partial charge in [0.2, 0.25) is 0 Å². The van der Waals surface area contributed by atoms with Crippen molar-refractivity contribution >= 4 is 44.8 Å². The topological polar surface area (TPSA) is 18.0 Å². The van der Waals surface area contributed by atoms with Crippen molar-refractivity contribution in [3.8, 4) is 56.1 Å². The SMILES string of the molecule is Cc1c(OI)ccc2c3ccccc3n(-c3cc4c(c[n+]3C)-c3ccccc3-c3ccccc3-c3ccccc3-4)c12. The van der Waals surface area contributed by atoms with Crippen LogP contribution in [0.1, 0.15) is 5.56 Å². The van der Waals surface area contributed by atoms with Crippen LogP contribution < -0.4 is 7.63 Å². The maximum absolute atomic E-state index is 5.76. The lowest BCUT2D eigenvalue weighted by Crippen LogP contribution is -2.34. The number of hydrogen-bond donors (Lipinski definition) is 0. The third kappa shape index (κ3) is 3.53. The number of aryl methyl sites for hydroxylation is 2. The van der Waals surface area contributed by atoms with Crippen LogP contribution in [0.15, 0.2) is 121 Å². The molecule has 3 nitrogen and oxygen atoms in total. The third-order valence-corrected chi connectivity index (χ3v) is 9.02. The minimum atomic E-state index is 0.881. The molecule has 1 aliphatic rings. The van der Waals surface area contributed by atoms with E-state index in [0.29, 0.717) is 0 Å². The largest absolute Gasteiger partial charge is 0.427 e. The Morgan fingerprint density at radius 3 is 1.68 bits per heavy atom. The van der Waals surface area contributed by atoms with Gasteiger partial charge in [-0.1, -0.05) is 84.9 Å². The summed E-state index contributed by atoms with van der Waals surface area (Å²) in [6.45, 7) is 2.15. The first-order valence-electron chi connectivity index (χ1n) is 13.8. The maximum atomic E-state index is 5.76. The standard InChI is InChI=1S/C37H26IN2O/c1-23-35(41-38)20-19-31-30-17-9-10-18-34(30)40(37(23)31)36-21-32-28-15-7-5-13-26(28)24-11-3-4-12-25(24)27-14-6-8-16-29(27)33(32)22-39(36)2/h3-22H,1-2H3/q+1. The van der Waals surface area contributed by atoms with E-state index in [4.69, 9.17) is 3.07 Å². The monoisotopic (exact) mass is 641 g/mol. The number of para-hydroxylation sites is 1. The zero-order valence-electron chi connectivity index (χ0n) is 22.7. The molecule has 2 aromatic heterocycles. The van der Waals surface area contributed by atoms with Gasteiger partial charge in [-0.15, -0.1) is 0 Å². The highest BCUT2D eigenvalue weighted by molar-refractivity contribution is 14.1. The third-order valence-electron chi connectivity index (χ3n) is 8.54. The molecule has 0 radical (unpaired) electrons. The number of fused-ring (bicyclic) bond motifs is 11. The van der Waals surface area contributed by atoms with E-state index in [-0.39, 0.29) is 0 Å². The Hall–Kier alpha value is -4.42. The van der Waals surface area contributed by atoms with Gasteiger partial charge in [0.15, 0.2) is 23.0 Å². The van der Waals surface area contributed by atoms with E-state index in [9.17, 15) is 0 Å². The number of aromatic nitrogens is 2.